The molecule has 1 aliphatic heterocycles. The minimum absolute atomic E-state index is 0.0138. The van der Waals surface area contributed by atoms with Gasteiger partial charge in [-0.25, -0.2) is 4.79 Å². The van der Waals surface area contributed by atoms with E-state index in [-0.39, 0.29) is 34.6 Å². The first-order valence-corrected chi connectivity index (χ1v) is 5.46. The molecule has 1 saturated heterocycles. The third-order valence-electron chi connectivity index (χ3n) is 2.64. The van der Waals surface area contributed by atoms with E-state index in [1.165, 1.54) is 17.0 Å². The molecule has 1 heterocycles. The van der Waals surface area contributed by atoms with Crippen LogP contribution in [0, 0.1) is 0 Å². The molecule has 0 aromatic heterocycles. The quantitative estimate of drug-likeness (QED) is 0.828. The first kappa shape index (κ1) is 11.9. The summed E-state index contributed by atoms with van der Waals surface area (Å²) in [6.07, 6.45) is 0.213. The van der Waals surface area contributed by atoms with Crippen LogP contribution in [0.5, 0.6) is 0 Å². The SMILES string of the molecule is NC1CC(=O)N(c2c(Cl)cccc2C(=O)O)C1. The van der Waals surface area contributed by atoms with Gasteiger partial charge < -0.3 is 15.7 Å². The summed E-state index contributed by atoms with van der Waals surface area (Å²) < 4.78 is 0. The van der Waals surface area contributed by atoms with Gasteiger partial charge in [0.15, 0.2) is 0 Å². The van der Waals surface area contributed by atoms with Crippen molar-refractivity contribution in [2.24, 2.45) is 5.73 Å². The highest BCUT2D eigenvalue weighted by Gasteiger charge is 2.32. The first-order chi connectivity index (χ1) is 8.00. The number of nitrogens with zero attached hydrogens (tertiary/aromatic N) is 1. The lowest BCUT2D eigenvalue weighted by Gasteiger charge is -2.19. The fourth-order valence-electron chi connectivity index (χ4n) is 1.91. The second kappa shape index (κ2) is 4.35. The maximum Gasteiger partial charge on any atom is 0.337 e. The molecule has 0 bridgehead atoms. The fraction of sp³-hybridized carbons (Fsp3) is 0.273. The number of nitrogens with two attached hydrogens (primary N) is 1. The number of halogens is 1. The fourth-order valence-corrected chi connectivity index (χ4v) is 2.19. The van der Waals surface area contributed by atoms with E-state index in [0.29, 0.717) is 6.54 Å². The summed E-state index contributed by atoms with van der Waals surface area (Å²) in [7, 11) is 0. The molecule has 1 amide bonds. The molecule has 0 saturated carbocycles. The Morgan fingerprint density at radius 2 is 2.24 bits per heavy atom. The number of hydrogen-bond acceptors (Lipinski definition) is 3. The van der Waals surface area contributed by atoms with Gasteiger partial charge in [0.25, 0.3) is 0 Å². The highest BCUT2D eigenvalue weighted by Crippen LogP contribution is 2.32. The summed E-state index contributed by atoms with van der Waals surface area (Å²) in [5.74, 6) is -1.32. The molecule has 0 radical (unpaired) electrons. The van der Waals surface area contributed by atoms with Gasteiger partial charge in [0.2, 0.25) is 5.91 Å². The Morgan fingerprint density at radius 1 is 1.53 bits per heavy atom. The number of carbonyl (C=O) groups excluding carboxylic acids is 1. The van der Waals surface area contributed by atoms with Crippen LogP contribution in [0.25, 0.3) is 0 Å². The number of rotatable bonds is 2. The van der Waals surface area contributed by atoms with Crippen LogP contribution in [0.4, 0.5) is 5.69 Å². The summed E-state index contributed by atoms with van der Waals surface area (Å²) in [5, 5.41) is 9.32. The highest BCUT2D eigenvalue weighted by molar-refractivity contribution is 6.34. The van der Waals surface area contributed by atoms with Gasteiger partial charge in [-0.1, -0.05) is 17.7 Å². The van der Waals surface area contributed by atoms with Crippen molar-refractivity contribution in [2.45, 2.75) is 12.5 Å². The summed E-state index contributed by atoms with van der Waals surface area (Å²) in [6.45, 7) is 0.294. The minimum Gasteiger partial charge on any atom is -0.478 e. The van der Waals surface area contributed by atoms with Crippen LogP contribution in [0.15, 0.2) is 18.2 Å². The maximum absolute atomic E-state index is 11.7. The van der Waals surface area contributed by atoms with Gasteiger partial charge in [0.1, 0.15) is 0 Å². The molecule has 1 aromatic rings. The molecule has 1 unspecified atom stereocenters. The molecule has 90 valence electrons. The van der Waals surface area contributed by atoms with Crippen molar-refractivity contribution in [3.8, 4) is 0 Å². The number of amides is 1. The molecule has 5 nitrogen and oxygen atoms in total. The number of para-hydroxylation sites is 1. The first-order valence-electron chi connectivity index (χ1n) is 5.08. The molecule has 1 aromatic carbocycles. The van der Waals surface area contributed by atoms with Crippen molar-refractivity contribution in [2.75, 3.05) is 11.4 Å². The molecule has 1 aliphatic rings. The van der Waals surface area contributed by atoms with Gasteiger partial charge in [-0.15, -0.1) is 0 Å². The Bertz CT molecular complexity index is 490. The van der Waals surface area contributed by atoms with E-state index in [0.717, 1.165) is 0 Å². The zero-order valence-electron chi connectivity index (χ0n) is 8.89. The lowest BCUT2D eigenvalue weighted by atomic mass is 10.1. The van der Waals surface area contributed by atoms with Crippen molar-refractivity contribution in [3.63, 3.8) is 0 Å². The van der Waals surface area contributed by atoms with E-state index in [2.05, 4.69) is 0 Å². The largest absolute Gasteiger partial charge is 0.478 e. The molecule has 6 heteroatoms. The van der Waals surface area contributed by atoms with Crippen molar-refractivity contribution in [3.05, 3.63) is 28.8 Å². The standard InChI is InChI=1S/C11H11ClN2O3/c12-8-3-1-2-7(11(16)17)10(8)14-5-6(13)4-9(14)15/h1-3,6H,4-5,13H2,(H,16,17). The summed E-state index contributed by atoms with van der Waals surface area (Å²) in [4.78, 5) is 24.1. The van der Waals surface area contributed by atoms with Crippen molar-refractivity contribution in [1.29, 1.82) is 0 Å². The van der Waals surface area contributed by atoms with Gasteiger partial charge in [0, 0.05) is 19.0 Å². The summed E-state index contributed by atoms with van der Waals surface area (Å²) in [5.41, 5.74) is 5.93. The predicted molar refractivity (Wildman–Crippen MR) is 63.4 cm³/mol. The zero-order valence-corrected chi connectivity index (χ0v) is 9.65. The van der Waals surface area contributed by atoms with E-state index in [4.69, 9.17) is 22.4 Å². The van der Waals surface area contributed by atoms with Gasteiger partial charge in [-0.2, -0.15) is 0 Å². The normalized spacial score (nSPS) is 19.8. The Labute approximate surface area is 103 Å². The van der Waals surface area contributed by atoms with Crippen LogP contribution < -0.4 is 10.6 Å². The average Bonchev–Trinajstić information content (AvgIpc) is 2.57. The second-order valence-corrected chi connectivity index (χ2v) is 4.32. The van der Waals surface area contributed by atoms with Crippen molar-refractivity contribution >= 4 is 29.2 Å². The molecule has 17 heavy (non-hydrogen) atoms. The zero-order chi connectivity index (χ0) is 12.6. The molecule has 0 spiro atoms. The van der Waals surface area contributed by atoms with E-state index in [1.807, 2.05) is 0 Å². The Kier molecular flexibility index (Phi) is 3.04. The predicted octanol–water partition coefficient (Wildman–Crippen LogP) is 1.10. The smallest absolute Gasteiger partial charge is 0.337 e. The van der Waals surface area contributed by atoms with Gasteiger partial charge in [-0.3, -0.25) is 4.79 Å². The van der Waals surface area contributed by atoms with Crippen LogP contribution in [-0.4, -0.2) is 29.6 Å². The number of hydrogen-bond donors (Lipinski definition) is 2. The van der Waals surface area contributed by atoms with E-state index in [9.17, 15) is 9.59 Å². The number of benzene rings is 1. The lowest BCUT2D eigenvalue weighted by Crippen LogP contribution is -2.29. The average molecular weight is 255 g/mol. The van der Waals surface area contributed by atoms with Crippen LogP contribution >= 0.6 is 11.6 Å². The Balaban J connectivity index is 2.51. The van der Waals surface area contributed by atoms with Gasteiger partial charge in [0.05, 0.1) is 16.3 Å². The maximum atomic E-state index is 11.7. The molecule has 1 atom stereocenters. The third kappa shape index (κ3) is 2.11. The molecule has 3 N–H and O–H groups in total. The van der Waals surface area contributed by atoms with Crippen LogP contribution in [0.1, 0.15) is 16.8 Å². The van der Waals surface area contributed by atoms with Gasteiger partial charge in [-0.05, 0) is 12.1 Å². The molecule has 2 rings (SSSR count). The van der Waals surface area contributed by atoms with E-state index >= 15 is 0 Å². The number of anilines is 1. The summed E-state index contributed by atoms with van der Waals surface area (Å²) >= 11 is 5.97. The number of carboxylic acids is 1. The van der Waals surface area contributed by atoms with Crippen LogP contribution in [-0.2, 0) is 4.79 Å². The van der Waals surface area contributed by atoms with E-state index < -0.39 is 5.97 Å². The lowest BCUT2D eigenvalue weighted by molar-refractivity contribution is -0.117. The Hall–Kier alpha value is -1.59. The molecular formula is C11H11ClN2O3. The third-order valence-corrected chi connectivity index (χ3v) is 2.95. The minimum atomic E-state index is -1.12. The topological polar surface area (TPSA) is 83.6 Å². The van der Waals surface area contributed by atoms with Crippen molar-refractivity contribution in [1.82, 2.24) is 0 Å². The van der Waals surface area contributed by atoms with E-state index in [1.54, 1.807) is 6.07 Å². The number of carboxylic acid groups (broad SMARTS) is 1. The monoisotopic (exact) mass is 254 g/mol. The Morgan fingerprint density at radius 3 is 2.76 bits per heavy atom. The molecular weight excluding hydrogens is 244 g/mol. The molecule has 0 aliphatic carbocycles. The number of carbonyl (C=O) groups is 2. The van der Waals surface area contributed by atoms with Gasteiger partial charge >= 0.3 is 5.97 Å². The van der Waals surface area contributed by atoms with Crippen molar-refractivity contribution < 1.29 is 14.7 Å². The summed E-state index contributed by atoms with van der Waals surface area (Å²) in [6, 6.07) is 4.23. The number of aromatic carboxylic acids is 1. The second-order valence-electron chi connectivity index (χ2n) is 3.91. The van der Waals surface area contributed by atoms with Crippen LogP contribution in [0.3, 0.4) is 0 Å². The van der Waals surface area contributed by atoms with Crippen LogP contribution in [0.2, 0.25) is 5.02 Å². The molecule has 1 fully saturated rings. The highest BCUT2D eigenvalue weighted by atomic mass is 35.5.